The summed E-state index contributed by atoms with van der Waals surface area (Å²) in [7, 11) is 0. The lowest BCUT2D eigenvalue weighted by atomic mass is 9.84. The number of nitrogens with one attached hydrogen (secondary N) is 1. The van der Waals surface area contributed by atoms with E-state index in [9.17, 15) is 15.0 Å². The van der Waals surface area contributed by atoms with Gasteiger partial charge in [0, 0.05) is 48.2 Å². The Balaban J connectivity index is 1.08. The summed E-state index contributed by atoms with van der Waals surface area (Å²) in [6.07, 6.45) is 0.313. The lowest BCUT2D eigenvalue weighted by molar-refractivity contribution is -0.277. The second kappa shape index (κ2) is 16.1. The molecule has 0 radical (unpaired) electrons. The third-order valence-electron chi connectivity index (χ3n) is 10.6. The molecule has 5 aromatic rings. The minimum absolute atomic E-state index is 0.0120. The maximum absolute atomic E-state index is 12.8. The van der Waals surface area contributed by atoms with E-state index in [2.05, 4.69) is 47.5 Å². The molecular weight excluding hydrogens is 672 g/mol. The van der Waals surface area contributed by atoms with E-state index in [0.29, 0.717) is 36.5 Å². The van der Waals surface area contributed by atoms with Gasteiger partial charge in [0.2, 0.25) is 0 Å². The SMILES string of the molecule is C[C@H]1[C@@H](CN2CCC(O)(c3ccc(Cl)cc3)CC2)O[C@@H](c2ccc(-c3ccccc3CNC(=O)c3ccccc3)cc2)O[C@H]1c1ccc(CO)cc1. The quantitative estimate of drug-likeness (QED) is 0.135. The molecule has 0 bridgehead atoms. The Morgan fingerprint density at radius 2 is 1.48 bits per heavy atom. The first-order valence-corrected chi connectivity index (χ1v) is 18.4. The second-order valence-corrected chi connectivity index (χ2v) is 14.4. The van der Waals surface area contributed by atoms with Crippen molar-refractivity contribution in [2.45, 2.75) is 57.0 Å². The predicted octanol–water partition coefficient (Wildman–Crippen LogP) is 8.20. The summed E-state index contributed by atoms with van der Waals surface area (Å²) < 4.78 is 13.5. The monoisotopic (exact) mass is 716 g/mol. The maximum atomic E-state index is 12.8. The van der Waals surface area contributed by atoms with Crippen LogP contribution in [0.15, 0.2) is 127 Å². The van der Waals surface area contributed by atoms with Crippen LogP contribution < -0.4 is 5.32 Å². The topological polar surface area (TPSA) is 91.3 Å². The molecule has 2 heterocycles. The highest BCUT2D eigenvalue weighted by Crippen LogP contribution is 2.43. The largest absolute Gasteiger partial charge is 0.392 e. The normalized spacial score (nSPS) is 21.8. The molecule has 1 amide bonds. The van der Waals surface area contributed by atoms with Crippen LogP contribution in [0.3, 0.4) is 0 Å². The maximum Gasteiger partial charge on any atom is 0.251 e. The molecule has 2 aliphatic heterocycles. The van der Waals surface area contributed by atoms with Gasteiger partial charge in [0.15, 0.2) is 6.29 Å². The van der Waals surface area contributed by atoms with Crippen molar-refractivity contribution in [3.63, 3.8) is 0 Å². The molecule has 2 saturated heterocycles. The number of carbonyl (C=O) groups excluding carboxylic acids is 1. The zero-order valence-electron chi connectivity index (χ0n) is 29.3. The van der Waals surface area contributed by atoms with Crippen LogP contribution in [0.4, 0.5) is 0 Å². The molecule has 0 spiro atoms. The van der Waals surface area contributed by atoms with Crippen molar-refractivity contribution in [2.75, 3.05) is 19.6 Å². The van der Waals surface area contributed by atoms with Gasteiger partial charge in [-0.15, -0.1) is 0 Å². The van der Waals surface area contributed by atoms with Crippen molar-refractivity contribution in [3.05, 3.63) is 166 Å². The highest BCUT2D eigenvalue weighted by molar-refractivity contribution is 6.30. The van der Waals surface area contributed by atoms with E-state index in [1.807, 2.05) is 97.1 Å². The molecular formula is C44H45ClN2O5. The molecule has 0 saturated carbocycles. The van der Waals surface area contributed by atoms with Gasteiger partial charge in [-0.3, -0.25) is 4.79 Å². The summed E-state index contributed by atoms with van der Waals surface area (Å²) in [5, 5.41) is 24.9. The number of benzene rings is 5. The van der Waals surface area contributed by atoms with E-state index in [4.69, 9.17) is 21.1 Å². The fourth-order valence-corrected chi connectivity index (χ4v) is 7.51. The Hall–Kier alpha value is -4.34. The number of ether oxygens (including phenoxy) is 2. The first-order chi connectivity index (χ1) is 25.3. The molecule has 3 N–H and O–H groups in total. The van der Waals surface area contributed by atoms with Crippen molar-refractivity contribution in [3.8, 4) is 11.1 Å². The smallest absolute Gasteiger partial charge is 0.251 e. The Bertz CT molecular complexity index is 1930. The van der Waals surface area contributed by atoms with Gasteiger partial charge in [-0.1, -0.05) is 122 Å². The van der Waals surface area contributed by atoms with E-state index < -0.39 is 11.9 Å². The van der Waals surface area contributed by atoms with E-state index in [1.165, 1.54) is 0 Å². The van der Waals surface area contributed by atoms with Crippen LogP contribution in [0.25, 0.3) is 11.1 Å². The first kappa shape index (κ1) is 36.0. The fourth-order valence-electron chi connectivity index (χ4n) is 7.38. The van der Waals surface area contributed by atoms with Gasteiger partial charge < -0.3 is 29.9 Å². The zero-order chi connectivity index (χ0) is 36.1. The number of aliphatic hydroxyl groups excluding tert-OH is 1. The molecule has 5 aromatic carbocycles. The van der Waals surface area contributed by atoms with Crippen LogP contribution in [0.5, 0.6) is 0 Å². The van der Waals surface area contributed by atoms with Gasteiger partial charge in [-0.05, 0) is 70.5 Å². The Labute approximate surface area is 310 Å². The third kappa shape index (κ3) is 8.16. The average molecular weight is 717 g/mol. The average Bonchev–Trinajstić information content (AvgIpc) is 3.19. The van der Waals surface area contributed by atoms with Crippen molar-refractivity contribution >= 4 is 17.5 Å². The standard InChI is InChI=1S/C44H45ClN2O5/c1-30-40(28-47-25-23-44(50,24-26-47)37-19-21-38(45)22-20-37)51-43(52-41(30)33-13-11-31(29-48)12-14-33)35-17-15-32(16-18-35)39-10-6-5-9-36(39)27-46-42(49)34-7-3-2-4-8-34/h2-22,30,40-41,43,48,50H,23-29H2,1H3,(H,46,49)/t30-,40+,41+,43+/m0/s1. The summed E-state index contributed by atoms with van der Waals surface area (Å²) in [5.41, 5.74) is 6.58. The minimum atomic E-state index is -0.878. The summed E-state index contributed by atoms with van der Waals surface area (Å²) in [5.74, 6) is -0.0611. The number of nitrogens with zero attached hydrogens (tertiary/aromatic N) is 1. The molecule has 0 aliphatic carbocycles. The lowest BCUT2D eigenvalue weighted by Crippen LogP contribution is -2.49. The zero-order valence-corrected chi connectivity index (χ0v) is 30.1. The Kier molecular flexibility index (Phi) is 11.2. The van der Waals surface area contributed by atoms with Crippen LogP contribution in [-0.2, 0) is 28.2 Å². The Morgan fingerprint density at radius 1 is 0.827 bits per heavy atom. The molecule has 2 aliphatic rings. The lowest BCUT2D eigenvalue weighted by Gasteiger charge is -2.45. The van der Waals surface area contributed by atoms with Gasteiger partial charge in [0.05, 0.1) is 24.4 Å². The molecule has 268 valence electrons. The van der Waals surface area contributed by atoms with Crippen molar-refractivity contribution in [1.82, 2.24) is 10.2 Å². The predicted molar refractivity (Wildman–Crippen MR) is 203 cm³/mol. The van der Waals surface area contributed by atoms with Crippen LogP contribution in [0.1, 0.15) is 70.3 Å². The number of piperidine rings is 1. The number of aliphatic hydroxyl groups is 2. The number of rotatable bonds is 10. The second-order valence-electron chi connectivity index (χ2n) is 14.0. The summed E-state index contributed by atoms with van der Waals surface area (Å²) in [4.78, 5) is 15.1. The molecule has 0 aromatic heterocycles. The van der Waals surface area contributed by atoms with Gasteiger partial charge in [0.1, 0.15) is 0 Å². The van der Waals surface area contributed by atoms with Crippen molar-refractivity contribution < 1.29 is 24.5 Å². The first-order valence-electron chi connectivity index (χ1n) is 18.0. The van der Waals surface area contributed by atoms with Crippen LogP contribution >= 0.6 is 11.6 Å². The highest BCUT2D eigenvalue weighted by atomic mass is 35.5. The number of hydrogen-bond acceptors (Lipinski definition) is 6. The number of halogens is 1. The van der Waals surface area contributed by atoms with Crippen LogP contribution in [-0.4, -0.2) is 46.8 Å². The minimum Gasteiger partial charge on any atom is -0.392 e. The van der Waals surface area contributed by atoms with Crippen molar-refractivity contribution in [2.24, 2.45) is 5.92 Å². The van der Waals surface area contributed by atoms with Gasteiger partial charge in [0.25, 0.3) is 5.91 Å². The molecule has 52 heavy (non-hydrogen) atoms. The number of carbonyl (C=O) groups is 1. The summed E-state index contributed by atoms with van der Waals surface area (Å²) in [6, 6.07) is 41.1. The molecule has 0 unspecified atom stereocenters. The van der Waals surface area contributed by atoms with E-state index in [0.717, 1.165) is 52.0 Å². The Morgan fingerprint density at radius 3 is 2.17 bits per heavy atom. The number of amides is 1. The molecule has 4 atom stereocenters. The van der Waals surface area contributed by atoms with Crippen LogP contribution in [0.2, 0.25) is 5.02 Å². The summed E-state index contributed by atoms with van der Waals surface area (Å²) in [6.45, 7) is 4.77. The van der Waals surface area contributed by atoms with Crippen molar-refractivity contribution in [1.29, 1.82) is 0 Å². The number of hydrogen-bond donors (Lipinski definition) is 3. The third-order valence-corrected chi connectivity index (χ3v) is 10.9. The van der Waals surface area contributed by atoms with E-state index >= 15 is 0 Å². The van der Waals surface area contributed by atoms with Gasteiger partial charge in [-0.25, -0.2) is 0 Å². The molecule has 8 heteroatoms. The fraction of sp³-hybridized carbons (Fsp3) is 0.295. The van der Waals surface area contributed by atoms with E-state index in [1.54, 1.807) is 0 Å². The van der Waals surface area contributed by atoms with Gasteiger partial charge in [-0.2, -0.15) is 0 Å². The summed E-state index contributed by atoms with van der Waals surface area (Å²) >= 11 is 6.11. The van der Waals surface area contributed by atoms with Crippen LogP contribution in [0, 0.1) is 5.92 Å². The van der Waals surface area contributed by atoms with Gasteiger partial charge >= 0.3 is 0 Å². The highest BCUT2D eigenvalue weighted by Gasteiger charge is 2.41. The number of likely N-dealkylation sites (tertiary alicyclic amines) is 1. The molecule has 7 nitrogen and oxygen atoms in total. The van der Waals surface area contributed by atoms with E-state index in [-0.39, 0.29) is 30.6 Å². The molecule has 2 fully saturated rings. The molecule has 7 rings (SSSR count).